The van der Waals surface area contributed by atoms with Gasteiger partial charge in [-0.15, -0.1) is 0 Å². The Morgan fingerprint density at radius 3 is 2.11 bits per heavy atom. The van der Waals surface area contributed by atoms with E-state index in [0.29, 0.717) is 5.75 Å². The molecule has 0 aromatic rings. The lowest BCUT2D eigenvalue weighted by molar-refractivity contribution is 0.463. The quantitative estimate of drug-likeness (QED) is 0.473. The molecule has 0 unspecified atom stereocenters. The Hall–Kier alpha value is 0.610. The van der Waals surface area contributed by atoms with E-state index in [2.05, 4.69) is 25.3 Å². The van der Waals surface area contributed by atoms with Crippen LogP contribution in [0.25, 0.3) is 0 Å². The second-order valence-electron chi connectivity index (χ2n) is 1.56. The molecule has 0 amide bonds. The molecule has 0 fully saturated rings. The van der Waals surface area contributed by atoms with Crippen LogP contribution >= 0.6 is 25.3 Å². The first kappa shape index (κ1) is 9.61. The van der Waals surface area contributed by atoms with Crippen LogP contribution in [0.15, 0.2) is 0 Å². The average molecular weight is 187 g/mol. The maximum atomic E-state index is 9.96. The van der Waals surface area contributed by atoms with Crippen LogP contribution < -0.4 is 0 Å². The molecule has 6 heteroatoms. The minimum absolute atomic E-state index is 0.296. The van der Waals surface area contributed by atoms with Crippen molar-refractivity contribution in [2.75, 3.05) is 11.5 Å². The summed E-state index contributed by atoms with van der Waals surface area (Å²) in [6.45, 7) is 0. The molecule has 0 aliphatic heterocycles. The van der Waals surface area contributed by atoms with E-state index in [9.17, 15) is 13.0 Å². The monoisotopic (exact) mass is 187 g/mol. The number of rotatable bonds is 3. The van der Waals surface area contributed by atoms with Crippen LogP contribution in [0.2, 0.25) is 0 Å². The van der Waals surface area contributed by atoms with Gasteiger partial charge >= 0.3 is 0 Å². The van der Waals surface area contributed by atoms with Gasteiger partial charge in [-0.05, 0) is 0 Å². The summed E-state index contributed by atoms with van der Waals surface area (Å²) in [5.41, 5.74) is 0. The summed E-state index contributed by atoms with van der Waals surface area (Å²) in [6, 6.07) is 0. The standard InChI is InChI=1S/C3H8O3S3/c4-9(5,6)2-3(8)1-7/h3,7-8H,1-2H2,(H,4,5,6)/p-1/t3-/m0/s1. The number of thiol groups is 2. The minimum atomic E-state index is -4.11. The van der Waals surface area contributed by atoms with Gasteiger partial charge in [0.05, 0.1) is 15.9 Å². The zero-order valence-electron chi connectivity index (χ0n) is 4.52. The number of hydrogen-bond donors (Lipinski definition) is 2. The average Bonchev–Trinajstić information content (AvgIpc) is 1.62. The molecule has 0 radical (unpaired) electrons. The van der Waals surface area contributed by atoms with Crippen molar-refractivity contribution in [3.05, 3.63) is 0 Å². The number of hydrogen-bond acceptors (Lipinski definition) is 5. The van der Waals surface area contributed by atoms with Crippen LogP contribution in [0.3, 0.4) is 0 Å². The molecule has 0 bridgehead atoms. The van der Waals surface area contributed by atoms with Gasteiger partial charge in [0.15, 0.2) is 0 Å². The predicted molar refractivity (Wildman–Crippen MR) is 41.2 cm³/mol. The normalized spacial score (nSPS) is 15.4. The van der Waals surface area contributed by atoms with Gasteiger partial charge < -0.3 is 4.55 Å². The van der Waals surface area contributed by atoms with Crippen molar-refractivity contribution < 1.29 is 13.0 Å². The summed E-state index contributed by atoms with van der Waals surface area (Å²) in [7, 11) is -4.11. The van der Waals surface area contributed by atoms with Crippen LogP contribution in [-0.2, 0) is 10.1 Å². The van der Waals surface area contributed by atoms with E-state index in [1.807, 2.05) is 0 Å². The fraction of sp³-hybridized carbons (Fsp3) is 1.00. The molecular weight excluding hydrogens is 180 g/mol. The molecule has 0 aliphatic carbocycles. The molecule has 9 heavy (non-hydrogen) atoms. The third-order valence-corrected chi connectivity index (χ3v) is 2.76. The highest BCUT2D eigenvalue weighted by molar-refractivity contribution is 7.89. The molecule has 56 valence electrons. The van der Waals surface area contributed by atoms with Gasteiger partial charge in [0.2, 0.25) is 0 Å². The Balaban J connectivity index is 3.75. The first-order chi connectivity index (χ1) is 3.95. The fourth-order valence-electron chi connectivity index (χ4n) is 0.288. The highest BCUT2D eigenvalue weighted by Crippen LogP contribution is 2.00. The van der Waals surface area contributed by atoms with Crippen LogP contribution in [0.1, 0.15) is 0 Å². The molecule has 0 aromatic carbocycles. The summed E-state index contributed by atoms with van der Waals surface area (Å²) in [4.78, 5) is 0. The SMILES string of the molecule is O=S(=O)([O-])C[C@@H](S)CS. The van der Waals surface area contributed by atoms with Crippen molar-refractivity contribution in [1.82, 2.24) is 0 Å². The van der Waals surface area contributed by atoms with Gasteiger partial charge in [-0.2, -0.15) is 25.3 Å². The van der Waals surface area contributed by atoms with E-state index < -0.39 is 21.1 Å². The molecule has 0 heterocycles. The summed E-state index contributed by atoms with van der Waals surface area (Å²) in [5.74, 6) is -0.149. The molecule has 0 N–H and O–H groups in total. The van der Waals surface area contributed by atoms with Gasteiger partial charge in [-0.1, -0.05) is 0 Å². The van der Waals surface area contributed by atoms with Crippen molar-refractivity contribution in [2.24, 2.45) is 0 Å². The van der Waals surface area contributed by atoms with E-state index in [1.54, 1.807) is 0 Å². The summed E-state index contributed by atoms with van der Waals surface area (Å²) >= 11 is 7.52. The molecule has 0 rings (SSSR count). The third-order valence-electron chi connectivity index (χ3n) is 0.607. The molecule has 0 saturated heterocycles. The van der Waals surface area contributed by atoms with Crippen molar-refractivity contribution in [2.45, 2.75) is 5.25 Å². The highest BCUT2D eigenvalue weighted by atomic mass is 32.2. The zero-order valence-corrected chi connectivity index (χ0v) is 7.12. The zero-order chi connectivity index (χ0) is 7.49. The molecule has 0 saturated carbocycles. The first-order valence-electron chi connectivity index (χ1n) is 2.18. The van der Waals surface area contributed by atoms with Crippen LogP contribution in [-0.4, -0.2) is 29.7 Å². The van der Waals surface area contributed by atoms with Gasteiger partial charge in [0.1, 0.15) is 0 Å². The topological polar surface area (TPSA) is 57.2 Å². The van der Waals surface area contributed by atoms with E-state index in [4.69, 9.17) is 0 Å². The molecular formula is C3H7O3S3-. The van der Waals surface area contributed by atoms with Gasteiger partial charge in [-0.3, -0.25) is 0 Å². The van der Waals surface area contributed by atoms with Crippen LogP contribution in [0.5, 0.6) is 0 Å². The van der Waals surface area contributed by atoms with Crippen molar-refractivity contribution in [3.63, 3.8) is 0 Å². The second kappa shape index (κ2) is 3.70. The maximum Gasteiger partial charge on any atom is 0.0957 e. The first-order valence-corrected chi connectivity index (χ1v) is 4.91. The minimum Gasteiger partial charge on any atom is -0.748 e. The molecule has 0 aromatic heterocycles. The Kier molecular flexibility index (Phi) is 3.95. The lowest BCUT2D eigenvalue weighted by Gasteiger charge is -2.09. The summed E-state index contributed by atoms with van der Waals surface area (Å²) in [6.07, 6.45) is 0. The smallest absolute Gasteiger partial charge is 0.0957 e. The van der Waals surface area contributed by atoms with Crippen LogP contribution in [0, 0.1) is 0 Å². The van der Waals surface area contributed by atoms with Crippen molar-refractivity contribution >= 4 is 35.4 Å². The van der Waals surface area contributed by atoms with Crippen molar-refractivity contribution in [3.8, 4) is 0 Å². The van der Waals surface area contributed by atoms with Crippen molar-refractivity contribution in [1.29, 1.82) is 0 Å². The predicted octanol–water partition coefficient (Wildman–Crippen LogP) is -0.240. The summed E-state index contributed by atoms with van der Waals surface area (Å²) in [5, 5.41) is -0.448. The van der Waals surface area contributed by atoms with E-state index >= 15 is 0 Å². The lowest BCUT2D eigenvalue weighted by Crippen LogP contribution is -2.16. The molecule has 0 aliphatic rings. The van der Waals surface area contributed by atoms with Gasteiger partial charge in [0.25, 0.3) is 0 Å². The summed E-state index contributed by atoms with van der Waals surface area (Å²) < 4.78 is 29.9. The Bertz CT molecular complexity index is 161. The Morgan fingerprint density at radius 2 is 2.00 bits per heavy atom. The van der Waals surface area contributed by atoms with E-state index in [-0.39, 0.29) is 0 Å². The molecule has 3 nitrogen and oxygen atoms in total. The van der Waals surface area contributed by atoms with Gasteiger partial charge in [0, 0.05) is 11.0 Å². The lowest BCUT2D eigenvalue weighted by atomic mass is 10.6. The molecule has 0 spiro atoms. The second-order valence-corrected chi connectivity index (χ2v) is 4.10. The highest BCUT2D eigenvalue weighted by Gasteiger charge is 2.03. The maximum absolute atomic E-state index is 9.96. The largest absolute Gasteiger partial charge is 0.748 e. The fourth-order valence-corrected chi connectivity index (χ4v) is 1.73. The molecule has 1 atom stereocenters. The third kappa shape index (κ3) is 6.50. The van der Waals surface area contributed by atoms with Gasteiger partial charge in [-0.25, -0.2) is 8.42 Å². The van der Waals surface area contributed by atoms with Crippen LogP contribution in [0.4, 0.5) is 0 Å². The van der Waals surface area contributed by atoms with E-state index in [0.717, 1.165) is 0 Å². The Morgan fingerprint density at radius 1 is 1.56 bits per heavy atom. The van der Waals surface area contributed by atoms with E-state index in [1.165, 1.54) is 0 Å². The Labute approximate surface area is 65.4 Å².